The predicted molar refractivity (Wildman–Crippen MR) is 66.7 cm³/mol. The molecule has 0 unspecified atom stereocenters. The molecule has 0 amide bonds. The summed E-state index contributed by atoms with van der Waals surface area (Å²) >= 11 is 5.79. The zero-order valence-corrected chi connectivity index (χ0v) is 10.1. The molecule has 1 aromatic heterocycles. The first-order valence-electron chi connectivity index (χ1n) is 5.22. The minimum Gasteiger partial charge on any atom is -0.395 e. The fourth-order valence-electron chi connectivity index (χ4n) is 1.37. The van der Waals surface area contributed by atoms with Crippen molar-refractivity contribution in [2.24, 2.45) is 0 Å². The van der Waals surface area contributed by atoms with Gasteiger partial charge in [-0.3, -0.25) is 0 Å². The van der Waals surface area contributed by atoms with E-state index < -0.39 is 0 Å². The molecular weight excluding hydrogens is 254 g/mol. The predicted octanol–water partition coefficient (Wildman–Crippen LogP) is 1.20. The van der Waals surface area contributed by atoms with Gasteiger partial charge in [0, 0.05) is 11.6 Å². The summed E-state index contributed by atoms with van der Waals surface area (Å²) in [5.41, 5.74) is 0.881. The molecule has 1 aromatic carbocycles. The Balaban J connectivity index is 2.32. The average Bonchev–Trinajstić information content (AvgIpc) is 2.80. The van der Waals surface area contributed by atoms with Crippen LogP contribution < -0.4 is 5.32 Å². The number of aliphatic hydroxyl groups is 1. The third-order valence-corrected chi connectivity index (χ3v) is 2.43. The summed E-state index contributed by atoms with van der Waals surface area (Å²) in [6.07, 6.45) is 0. The van der Waals surface area contributed by atoms with Gasteiger partial charge in [0.05, 0.1) is 12.3 Å². The first-order chi connectivity index (χ1) is 8.74. The van der Waals surface area contributed by atoms with E-state index in [1.165, 1.54) is 4.80 Å². The maximum Gasteiger partial charge on any atom is 0.207 e. The highest BCUT2D eigenvalue weighted by atomic mass is 35.5. The molecule has 18 heavy (non-hydrogen) atoms. The first-order valence-corrected chi connectivity index (χ1v) is 5.60. The number of nitrogens with one attached hydrogen (secondary N) is 1. The van der Waals surface area contributed by atoms with Gasteiger partial charge in [-0.05, 0) is 24.3 Å². The summed E-state index contributed by atoms with van der Waals surface area (Å²) in [6, 6.07) is 8.87. The Hall–Kier alpha value is -2.10. The maximum absolute atomic E-state index is 8.93. The second-order valence-corrected chi connectivity index (χ2v) is 3.86. The number of hydrogen-bond donors (Lipinski definition) is 2. The second-order valence-electron chi connectivity index (χ2n) is 3.43. The highest BCUT2D eigenvalue weighted by Crippen LogP contribution is 2.15. The van der Waals surface area contributed by atoms with Crippen molar-refractivity contribution in [2.75, 3.05) is 18.5 Å². The van der Waals surface area contributed by atoms with E-state index in [-0.39, 0.29) is 12.3 Å². The van der Waals surface area contributed by atoms with E-state index in [1.54, 1.807) is 24.3 Å². The Labute approximate surface area is 108 Å². The van der Waals surface area contributed by atoms with E-state index in [9.17, 15) is 0 Å². The highest BCUT2D eigenvalue weighted by Gasteiger charge is 2.10. The maximum atomic E-state index is 8.93. The third kappa shape index (κ3) is 2.59. The minimum atomic E-state index is -0.0430. The number of anilines is 1. The largest absolute Gasteiger partial charge is 0.395 e. The number of aromatic nitrogens is 3. The van der Waals surface area contributed by atoms with Gasteiger partial charge in [0.1, 0.15) is 6.07 Å². The van der Waals surface area contributed by atoms with Crippen molar-refractivity contribution in [3.05, 3.63) is 35.0 Å². The lowest BCUT2D eigenvalue weighted by Gasteiger charge is -1.99. The fourth-order valence-corrected chi connectivity index (χ4v) is 1.49. The number of nitrogens with zero attached hydrogens (tertiary/aromatic N) is 4. The van der Waals surface area contributed by atoms with Crippen LogP contribution in [0.15, 0.2) is 24.3 Å². The molecule has 2 aromatic rings. The van der Waals surface area contributed by atoms with Gasteiger partial charge in [0.15, 0.2) is 5.82 Å². The molecule has 0 aliphatic rings. The van der Waals surface area contributed by atoms with Crippen molar-refractivity contribution in [1.29, 1.82) is 5.26 Å². The van der Waals surface area contributed by atoms with Crippen LogP contribution >= 0.6 is 11.6 Å². The number of rotatable bonds is 4. The molecule has 92 valence electrons. The molecule has 2 N–H and O–H groups in total. The van der Waals surface area contributed by atoms with E-state index in [4.69, 9.17) is 22.0 Å². The van der Waals surface area contributed by atoms with Crippen molar-refractivity contribution in [3.63, 3.8) is 0 Å². The molecule has 0 bridgehead atoms. The smallest absolute Gasteiger partial charge is 0.207 e. The van der Waals surface area contributed by atoms with Gasteiger partial charge >= 0.3 is 0 Å². The van der Waals surface area contributed by atoms with E-state index >= 15 is 0 Å². The quantitative estimate of drug-likeness (QED) is 0.865. The van der Waals surface area contributed by atoms with Crippen LogP contribution in [0.4, 0.5) is 5.82 Å². The highest BCUT2D eigenvalue weighted by molar-refractivity contribution is 6.30. The van der Waals surface area contributed by atoms with Gasteiger partial charge in [0.2, 0.25) is 5.69 Å². The van der Waals surface area contributed by atoms with E-state index in [0.29, 0.717) is 23.1 Å². The van der Waals surface area contributed by atoms with Crippen molar-refractivity contribution < 1.29 is 5.11 Å². The van der Waals surface area contributed by atoms with Crippen LogP contribution in [0.5, 0.6) is 0 Å². The number of halogens is 1. The summed E-state index contributed by atoms with van der Waals surface area (Å²) in [6.45, 7) is 0.271. The summed E-state index contributed by atoms with van der Waals surface area (Å²) in [4.78, 5) is 1.34. The summed E-state index contributed by atoms with van der Waals surface area (Å²) in [7, 11) is 0. The van der Waals surface area contributed by atoms with Crippen LogP contribution in [0.1, 0.15) is 5.69 Å². The summed E-state index contributed by atoms with van der Waals surface area (Å²) < 4.78 is 0. The Morgan fingerprint density at radius 3 is 2.67 bits per heavy atom. The summed E-state index contributed by atoms with van der Waals surface area (Å²) in [5.74, 6) is 0.349. The van der Waals surface area contributed by atoms with E-state index in [2.05, 4.69) is 15.5 Å². The lowest BCUT2D eigenvalue weighted by molar-refractivity contribution is 0.311. The molecule has 0 aliphatic heterocycles. The molecule has 0 saturated heterocycles. The standard InChI is InChI=1S/C11H10ClN5O/c12-8-1-3-9(4-2-8)17-15-10(7-13)11(16-17)14-5-6-18/h1-4,18H,5-6H2,(H,14,16). The summed E-state index contributed by atoms with van der Waals surface area (Å²) in [5, 5.41) is 29.3. The van der Waals surface area contributed by atoms with Crippen LogP contribution in [-0.2, 0) is 0 Å². The molecule has 0 atom stereocenters. The Morgan fingerprint density at radius 1 is 1.33 bits per heavy atom. The van der Waals surface area contributed by atoms with Gasteiger partial charge in [-0.15, -0.1) is 15.0 Å². The number of hydrogen-bond acceptors (Lipinski definition) is 5. The van der Waals surface area contributed by atoms with Crippen LogP contribution in [-0.4, -0.2) is 33.3 Å². The molecular formula is C11H10ClN5O. The Morgan fingerprint density at radius 2 is 2.06 bits per heavy atom. The van der Waals surface area contributed by atoms with E-state index in [1.807, 2.05) is 6.07 Å². The van der Waals surface area contributed by atoms with Crippen molar-refractivity contribution in [3.8, 4) is 11.8 Å². The van der Waals surface area contributed by atoms with Gasteiger partial charge in [-0.1, -0.05) is 11.6 Å². The minimum absolute atomic E-state index is 0.0430. The van der Waals surface area contributed by atoms with Gasteiger partial charge in [-0.25, -0.2) is 0 Å². The zero-order chi connectivity index (χ0) is 13.0. The number of nitriles is 1. The van der Waals surface area contributed by atoms with Gasteiger partial charge < -0.3 is 10.4 Å². The van der Waals surface area contributed by atoms with Crippen LogP contribution in [0.3, 0.4) is 0 Å². The SMILES string of the molecule is N#Cc1nn(-c2ccc(Cl)cc2)nc1NCCO. The van der Waals surface area contributed by atoms with Crippen LogP contribution in [0.25, 0.3) is 5.69 Å². The normalized spacial score (nSPS) is 10.1. The molecule has 1 heterocycles. The van der Waals surface area contributed by atoms with Gasteiger partial charge in [0.25, 0.3) is 0 Å². The van der Waals surface area contributed by atoms with Crippen molar-refractivity contribution in [1.82, 2.24) is 15.0 Å². The molecule has 7 heteroatoms. The third-order valence-electron chi connectivity index (χ3n) is 2.18. The number of aliphatic hydroxyl groups excluding tert-OH is 1. The topological polar surface area (TPSA) is 86.8 Å². The Kier molecular flexibility index (Phi) is 3.77. The molecule has 2 rings (SSSR count). The van der Waals surface area contributed by atoms with Crippen LogP contribution in [0.2, 0.25) is 5.02 Å². The number of benzene rings is 1. The molecule has 0 saturated carbocycles. The first kappa shape index (κ1) is 12.4. The lowest BCUT2D eigenvalue weighted by atomic mass is 10.3. The molecule has 6 nitrogen and oxygen atoms in total. The molecule has 0 radical (unpaired) electrons. The zero-order valence-electron chi connectivity index (χ0n) is 9.34. The van der Waals surface area contributed by atoms with Crippen molar-refractivity contribution >= 4 is 17.4 Å². The van der Waals surface area contributed by atoms with E-state index in [0.717, 1.165) is 0 Å². The monoisotopic (exact) mass is 263 g/mol. The van der Waals surface area contributed by atoms with Crippen LogP contribution in [0, 0.1) is 11.3 Å². The second kappa shape index (κ2) is 5.49. The molecule has 0 aliphatic carbocycles. The Bertz CT molecular complexity index is 572. The lowest BCUT2D eigenvalue weighted by Crippen LogP contribution is -2.07. The fraction of sp³-hybridized carbons (Fsp3) is 0.182. The van der Waals surface area contributed by atoms with Gasteiger partial charge in [-0.2, -0.15) is 5.26 Å². The molecule has 0 spiro atoms. The average molecular weight is 264 g/mol. The van der Waals surface area contributed by atoms with Crippen molar-refractivity contribution in [2.45, 2.75) is 0 Å². The molecule has 0 fully saturated rings.